The molecule has 2 heterocycles. The van der Waals surface area contributed by atoms with Crippen LogP contribution in [0.5, 0.6) is 0 Å². The minimum Gasteiger partial charge on any atom is -0.382 e. The van der Waals surface area contributed by atoms with Gasteiger partial charge in [-0.1, -0.05) is 48.5 Å². The van der Waals surface area contributed by atoms with Gasteiger partial charge < -0.3 is 5.73 Å². The summed E-state index contributed by atoms with van der Waals surface area (Å²) >= 11 is 0. The van der Waals surface area contributed by atoms with Crippen molar-refractivity contribution in [2.24, 2.45) is 15.7 Å². The molecule has 1 atom stereocenters. The van der Waals surface area contributed by atoms with Crippen LogP contribution in [-0.4, -0.2) is 21.5 Å². The molecule has 0 spiro atoms. The summed E-state index contributed by atoms with van der Waals surface area (Å²) in [6.45, 7) is 1.90. The van der Waals surface area contributed by atoms with Crippen LogP contribution in [0.4, 0.5) is 0 Å². The van der Waals surface area contributed by atoms with E-state index in [9.17, 15) is 0 Å². The Balaban J connectivity index is 1.81. The molecule has 0 radical (unpaired) electrons. The molecule has 3 aromatic rings. The SMILES string of the molecule is CC1=N[C@](Cc2ccccc2)(c2cccc(-c3cncnc3)c2)N=C1N. The van der Waals surface area contributed by atoms with E-state index in [2.05, 4.69) is 34.2 Å². The predicted molar refractivity (Wildman–Crippen MR) is 104 cm³/mol. The highest BCUT2D eigenvalue weighted by atomic mass is 15.2. The van der Waals surface area contributed by atoms with Crippen molar-refractivity contribution < 1.29 is 0 Å². The Bertz CT molecular complexity index is 960. The van der Waals surface area contributed by atoms with E-state index in [-0.39, 0.29) is 0 Å². The summed E-state index contributed by atoms with van der Waals surface area (Å²) < 4.78 is 0. The van der Waals surface area contributed by atoms with Crippen LogP contribution in [0.3, 0.4) is 0 Å². The number of aliphatic imine (C=N–C) groups is 2. The van der Waals surface area contributed by atoms with Gasteiger partial charge in [0.2, 0.25) is 0 Å². The minimum atomic E-state index is -0.735. The average Bonchev–Trinajstić information content (AvgIpc) is 2.98. The Hall–Kier alpha value is -3.34. The van der Waals surface area contributed by atoms with E-state index in [0.717, 1.165) is 28.0 Å². The number of nitrogens with zero attached hydrogens (tertiary/aromatic N) is 4. The molecule has 0 amide bonds. The number of amidine groups is 1. The smallest absolute Gasteiger partial charge is 0.182 e. The maximum Gasteiger partial charge on any atom is 0.182 e. The highest BCUT2D eigenvalue weighted by Gasteiger charge is 2.36. The van der Waals surface area contributed by atoms with Gasteiger partial charge in [0.1, 0.15) is 12.2 Å². The average molecular weight is 341 g/mol. The second-order valence-electron chi connectivity index (χ2n) is 6.38. The molecule has 0 bridgehead atoms. The Morgan fingerprint density at radius 1 is 0.885 bits per heavy atom. The second kappa shape index (κ2) is 6.52. The quantitative estimate of drug-likeness (QED) is 0.790. The van der Waals surface area contributed by atoms with Crippen LogP contribution in [0.1, 0.15) is 18.1 Å². The van der Waals surface area contributed by atoms with Crippen LogP contribution >= 0.6 is 0 Å². The van der Waals surface area contributed by atoms with Gasteiger partial charge in [0.15, 0.2) is 5.66 Å². The summed E-state index contributed by atoms with van der Waals surface area (Å²) in [5.41, 5.74) is 10.3. The second-order valence-corrected chi connectivity index (χ2v) is 6.38. The van der Waals surface area contributed by atoms with E-state index in [1.807, 2.05) is 37.3 Å². The fraction of sp³-hybridized carbons (Fsp3) is 0.143. The first-order chi connectivity index (χ1) is 12.7. The summed E-state index contributed by atoms with van der Waals surface area (Å²) in [5.74, 6) is 0.495. The molecule has 2 N–H and O–H groups in total. The van der Waals surface area contributed by atoms with Crippen LogP contribution in [0, 0.1) is 0 Å². The molecule has 26 heavy (non-hydrogen) atoms. The van der Waals surface area contributed by atoms with E-state index >= 15 is 0 Å². The zero-order chi connectivity index (χ0) is 18.0. The van der Waals surface area contributed by atoms with Gasteiger partial charge in [0.05, 0.1) is 5.71 Å². The lowest BCUT2D eigenvalue weighted by Crippen LogP contribution is -2.23. The van der Waals surface area contributed by atoms with E-state index < -0.39 is 5.66 Å². The minimum absolute atomic E-state index is 0.495. The molecule has 4 rings (SSSR count). The van der Waals surface area contributed by atoms with Gasteiger partial charge in [0, 0.05) is 29.9 Å². The van der Waals surface area contributed by atoms with Crippen LogP contribution in [0.2, 0.25) is 0 Å². The van der Waals surface area contributed by atoms with Gasteiger partial charge in [0.25, 0.3) is 0 Å². The van der Waals surface area contributed by atoms with Gasteiger partial charge in [-0.3, -0.25) is 4.99 Å². The maximum absolute atomic E-state index is 6.09. The molecular weight excluding hydrogens is 322 g/mol. The lowest BCUT2D eigenvalue weighted by atomic mass is 9.91. The Labute approximate surface area is 152 Å². The first-order valence-corrected chi connectivity index (χ1v) is 8.48. The summed E-state index contributed by atoms with van der Waals surface area (Å²) in [5, 5.41) is 0. The fourth-order valence-electron chi connectivity index (χ4n) is 3.23. The van der Waals surface area contributed by atoms with Crippen molar-refractivity contribution in [3.63, 3.8) is 0 Å². The molecule has 0 saturated heterocycles. The number of rotatable bonds is 4. The first-order valence-electron chi connectivity index (χ1n) is 8.48. The van der Waals surface area contributed by atoms with E-state index in [1.54, 1.807) is 12.4 Å². The van der Waals surface area contributed by atoms with Gasteiger partial charge in [-0.05, 0) is 24.1 Å². The summed E-state index contributed by atoms with van der Waals surface area (Å²) in [6.07, 6.45) is 5.79. The van der Waals surface area contributed by atoms with Crippen molar-refractivity contribution >= 4 is 11.5 Å². The van der Waals surface area contributed by atoms with Gasteiger partial charge in [-0.15, -0.1) is 0 Å². The van der Waals surface area contributed by atoms with Crippen LogP contribution in [-0.2, 0) is 12.1 Å². The maximum atomic E-state index is 6.09. The Morgan fingerprint density at radius 3 is 2.35 bits per heavy atom. The predicted octanol–water partition coefficient (Wildman–Crippen LogP) is 3.37. The highest BCUT2D eigenvalue weighted by molar-refractivity contribution is 6.41. The lowest BCUT2D eigenvalue weighted by Gasteiger charge is -2.24. The van der Waals surface area contributed by atoms with Crippen molar-refractivity contribution in [3.8, 4) is 11.1 Å². The normalized spacial score (nSPS) is 19.1. The standard InChI is InChI=1S/C21H19N5/c1-15-20(22)26-21(25-15,11-16-6-3-2-4-7-16)19-9-5-8-17(10-19)18-12-23-14-24-13-18/h2-10,12-14H,11H2,1H3,(H2,22,26)/t21-/m0/s1. The highest BCUT2D eigenvalue weighted by Crippen LogP contribution is 2.36. The Kier molecular flexibility index (Phi) is 4.05. The van der Waals surface area contributed by atoms with Crippen molar-refractivity contribution in [2.75, 3.05) is 0 Å². The molecule has 1 aliphatic heterocycles. The topological polar surface area (TPSA) is 76.5 Å². The number of hydrogen-bond acceptors (Lipinski definition) is 5. The zero-order valence-electron chi connectivity index (χ0n) is 14.5. The molecule has 1 aromatic heterocycles. The van der Waals surface area contributed by atoms with Crippen LogP contribution in [0.15, 0.2) is 83.3 Å². The van der Waals surface area contributed by atoms with Crippen molar-refractivity contribution in [1.29, 1.82) is 0 Å². The van der Waals surface area contributed by atoms with Gasteiger partial charge >= 0.3 is 0 Å². The third kappa shape index (κ3) is 2.99. The molecule has 128 valence electrons. The summed E-state index contributed by atoms with van der Waals surface area (Å²) in [4.78, 5) is 17.8. The molecule has 1 aliphatic rings. The molecule has 0 fully saturated rings. The first kappa shape index (κ1) is 16.1. The van der Waals surface area contributed by atoms with Crippen molar-refractivity contribution in [3.05, 3.63) is 84.4 Å². The van der Waals surface area contributed by atoms with Crippen LogP contribution < -0.4 is 5.73 Å². The molecule has 0 saturated carbocycles. The molecule has 2 aromatic carbocycles. The molecule has 5 heteroatoms. The number of aromatic nitrogens is 2. The van der Waals surface area contributed by atoms with Crippen molar-refractivity contribution in [2.45, 2.75) is 19.0 Å². The monoisotopic (exact) mass is 341 g/mol. The fourth-order valence-corrected chi connectivity index (χ4v) is 3.23. The number of nitrogens with two attached hydrogens (primary N) is 1. The van der Waals surface area contributed by atoms with Gasteiger partial charge in [-0.2, -0.15) is 0 Å². The molecule has 0 unspecified atom stereocenters. The molecule has 0 aliphatic carbocycles. The van der Waals surface area contributed by atoms with E-state index in [1.165, 1.54) is 6.33 Å². The van der Waals surface area contributed by atoms with E-state index in [0.29, 0.717) is 12.3 Å². The number of hydrogen-bond donors (Lipinski definition) is 1. The molecule has 5 nitrogen and oxygen atoms in total. The largest absolute Gasteiger partial charge is 0.382 e. The summed E-state index contributed by atoms with van der Waals surface area (Å²) in [6, 6.07) is 18.4. The lowest BCUT2D eigenvalue weighted by molar-refractivity contribution is 0.479. The molecular formula is C21H19N5. The summed E-state index contributed by atoms with van der Waals surface area (Å²) in [7, 11) is 0. The third-order valence-corrected chi connectivity index (χ3v) is 4.54. The zero-order valence-corrected chi connectivity index (χ0v) is 14.5. The van der Waals surface area contributed by atoms with Gasteiger partial charge in [-0.25, -0.2) is 15.0 Å². The third-order valence-electron chi connectivity index (χ3n) is 4.54. The number of benzene rings is 2. The Morgan fingerprint density at radius 2 is 1.65 bits per heavy atom. The van der Waals surface area contributed by atoms with Crippen molar-refractivity contribution in [1.82, 2.24) is 9.97 Å². The van der Waals surface area contributed by atoms with E-state index in [4.69, 9.17) is 15.7 Å². The van der Waals surface area contributed by atoms with Crippen LogP contribution in [0.25, 0.3) is 11.1 Å².